The van der Waals surface area contributed by atoms with Crippen molar-refractivity contribution in [1.29, 1.82) is 0 Å². The normalized spacial score (nSPS) is 23.1. The first-order valence-corrected chi connectivity index (χ1v) is 7.20. The third-order valence-corrected chi connectivity index (χ3v) is 5.79. The van der Waals surface area contributed by atoms with Crippen LogP contribution in [0.25, 0.3) is 0 Å². The van der Waals surface area contributed by atoms with Gasteiger partial charge in [-0.2, -0.15) is 0 Å². The van der Waals surface area contributed by atoms with Gasteiger partial charge in [0.1, 0.15) is 0 Å². The van der Waals surface area contributed by atoms with E-state index in [0.717, 1.165) is 31.2 Å². The maximum absolute atomic E-state index is 11.9. The van der Waals surface area contributed by atoms with Gasteiger partial charge in [-0.25, -0.2) is 8.42 Å². The fraction of sp³-hybridized carbons (Fsp3) is 0.500. The van der Waals surface area contributed by atoms with Gasteiger partial charge in [0.25, 0.3) is 0 Å². The van der Waals surface area contributed by atoms with Crippen LogP contribution in [0.1, 0.15) is 31.2 Å². The van der Waals surface area contributed by atoms with Crippen molar-refractivity contribution in [2.75, 3.05) is 0 Å². The van der Waals surface area contributed by atoms with Crippen molar-refractivity contribution >= 4 is 9.84 Å². The smallest absolute Gasteiger partial charge is 0.181 e. The average molecular weight is 237 g/mol. The Hall–Kier alpha value is -0.870. The minimum Gasteiger partial charge on any atom is -0.321 e. The molecule has 16 heavy (non-hydrogen) atoms. The number of hydrogen-bond acceptors (Lipinski definition) is 3. The second kappa shape index (κ2) is 3.08. The third kappa shape index (κ3) is 1.57. The molecule has 0 amide bonds. The first-order chi connectivity index (χ1) is 7.52. The molecule has 0 radical (unpaired) electrons. The Balaban J connectivity index is 1.93. The molecule has 2 aliphatic carbocycles. The van der Waals surface area contributed by atoms with Crippen LogP contribution in [-0.2, 0) is 15.4 Å². The predicted molar refractivity (Wildman–Crippen MR) is 61.7 cm³/mol. The summed E-state index contributed by atoms with van der Waals surface area (Å²) in [4.78, 5) is 0.447. The summed E-state index contributed by atoms with van der Waals surface area (Å²) in [6, 6.07) is 7.14. The van der Waals surface area contributed by atoms with Crippen molar-refractivity contribution in [3.8, 4) is 0 Å². The molecule has 4 heteroatoms. The van der Waals surface area contributed by atoms with Crippen molar-refractivity contribution in [3.05, 3.63) is 29.8 Å². The second-order valence-corrected chi connectivity index (χ2v) is 7.15. The van der Waals surface area contributed by atoms with Gasteiger partial charge in [0.15, 0.2) is 9.84 Å². The zero-order chi connectivity index (χ0) is 11.4. The molecule has 0 spiro atoms. The Kier molecular flexibility index (Phi) is 1.98. The lowest BCUT2D eigenvalue weighted by Crippen LogP contribution is -2.18. The summed E-state index contributed by atoms with van der Waals surface area (Å²) in [5.74, 6) is 0. The highest BCUT2D eigenvalue weighted by molar-refractivity contribution is 7.92. The Morgan fingerprint density at radius 1 is 1.12 bits per heavy atom. The molecule has 2 aliphatic rings. The first kappa shape index (κ1) is 10.3. The summed E-state index contributed by atoms with van der Waals surface area (Å²) in [5.41, 5.74) is 6.93. The van der Waals surface area contributed by atoms with Gasteiger partial charge in [0, 0.05) is 5.54 Å². The van der Waals surface area contributed by atoms with E-state index in [4.69, 9.17) is 5.73 Å². The van der Waals surface area contributed by atoms with E-state index in [1.54, 1.807) is 12.1 Å². The lowest BCUT2D eigenvalue weighted by molar-refractivity contribution is 0.594. The van der Waals surface area contributed by atoms with Crippen molar-refractivity contribution in [1.82, 2.24) is 0 Å². The highest BCUT2D eigenvalue weighted by Crippen LogP contribution is 2.43. The van der Waals surface area contributed by atoms with E-state index in [-0.39, 0.29) is 10.8 Å². The van der Waals surface area contributed by atoms with E-state index < -0.39 is 9.84 Å². The summed E-state index contributed by atoms with van der Waals surface area (Å²) in [6.07, 6.45) is 3.62. The van der Waals surface area contributed by atoms with E-state index in [2.05, 4.69) is 0 Å². The van der Waals surface area contributed by atoms with Crippen LogP contribution in [0.3, 0.4) is 0 Å². The fourth-order valence-electron chi connectivity index (χ4n) is 1.97. The number of sulfone groups is 1. The highest BCUT2D eigenvalue weighted by Gasteiger charge is 2.41. The van der Waals surface area contributed by atoms with Crippen LogP contribution in [-0.4, -0.2) is 13.7 Å². The molecule has 3 rings (SSSR count). The molecule has 1 aromatic rings. The molecule has 0 unspecified atom stereocenters. The van der Waals surface area contributed by atoms with Crippen molar-refractivity contribution < 1.29 is 8.42 Å². The molecule has 0 aliphatic heterocycles. The van der Waals surface area contributed by atoms with Crippen molar-refractivity contribution in [2.45, 2.75) is 41.4 Å². The second-order valence-electron chi connectivity index (χ2n) is 4.92. The first-order valence-electron chi connectivity index (χ1n) is 5.66. The molecular formula is C12H15NO2S. The summed E-state index contributed by atoms with van der Waals surface area (Å²) in [5, 5.41) is -0.133. The SMILES string of the molecule is NC1(c2ccc(S(=O)(=O)C3CC3)cc2)CC1. The third-order valence-electron chi connectivity index (χ3n) is 3.51. The fourth-order valence-corrected chi connectivity index (χ4v) is 3.63. The molecule has 0 bridgehead atoms. The van der Waals surface area contributed by atoms with E-state index in [1.807, 2.05) is 12.1 Å². The molecule has 86 valence electrons. The number of benzene rings is 1. The Labute approximate surface area is 95.6 Å². The van der Waals surface area contributed by atoms with Gasteiger partial charge in [-0.15, -0.1) is 0 Å². The van der Waals surface area contributed by atoms with E-state index in [9.17, 15) is 8.42 Å². The summed E-state index contributed by atoms with van der Waals surface area (Å²) >= 11 is 0. The Bertz CT molecular complexity index is 510. The van der Waals surface area contributed by atoms with Gasteiger partial charge in [0.05, 0.1) is 10.1 Å². The van der Waals surface area contributed by atoms with Gasteiger partial charge in [0.2, 0.25) is 0 Å². The summed E-state index contributed by atoms with van der Waals surface area (Å²) in [7, 11) is -3.05. The van der Waals surface area contributed by atoms with E-state index >= 15 is 0 Å². The van der Waals surface area contributed by atoms with Crippen LogP contribution >= 0.6 is 0 Å². The molecular weight excluding hydrogens is 222 g/mol. The zero-order valence-electron chi connectivity index (χ0n) is 9.02. The van der Waals surface area contributed by atoms with E-state index in [0.29, 0.717) is 4.90 Å². The molecule has 0 atom stereocenters. The molecule has 3 nitrogen and oxygen atoms in total. The maximum atomic E-state index is 11.9. The highest BCUT2D eigenvalue weighted by atomic mass is 32.2. The lowest BCUT2D eigenvalue weighted by atomic mass is 10.1. The van der Waals surface area contributed by atoms with Gasteiger partial charge < -0.3 is 5.73 Å². The Morgan fingerprint density at radius 3 is 2.12 bits per heavy atom. The number of nitrogens with two attached hydrogens (primary N) is 1. The molecule has 2 N–H and O–H groups in total. The van der Waals surface area contributed by atoms with Crippen LogP contribution in [0.2, 0.25) is 0 Å². The number of rotatable bonds is 3. The molecule has 0 heterocycles. The van der Waals surface area contributed by atoms with Crippen LogP contribution in [0, 0.1) is 0 Å². The van der Waals surface area contributed by atoms with Gasteiger partial charge >= 0.3 is 0 Å². The lowest BCUT2D eigenvalue weighted by Gasteiger charge is -2.09. The summed E-state index contributed by atoms with van der Waals surface area (Å²) in [6.45, 7) is 0. The molecule has 0 saturated heterocycles. The van der Waals surface area contributed by atoms with Gasteiger partial charge in [-0.05, 0) is 43.4 Å². The van der Waals surface area contributed by atoms with Crippen LogP contribution < -0.4 is 5.73 Å². The van der Waals surface area contributed by atoms with Crippen LogP contribution in [0.4, 0.5) is 0 Å². The monoisotopic (exact) mass is 237 g/mol. The Morgan fingerprint density at radius 2 is 1.69 bits per heavy atom. The maximum Gasteiger partial charge on any atom is 0.181 e. The molecule has 0 aromatic heterocycles. The standard InChI is InChI=1S/C12H15NO2S/c13-12(7-8-12)9-1-3-10(4-2-9)16(14,15)11-5-6-11/h1-4,11H,5-8,13H2. The minimum absolute atomic E-state index is 0.133. The van der Waals surface area contributed by atoms with Crippen molar-refractivity contribution in [2.24, 2.45) is 5.73 Å². The van der Waals surface area contributed by atoms with Gasteiger partial charge in [-0.3, -0.25) is 0 Å². The van der Waals surface area contributed by atoms with Gasteiger partial charge in [-0.1, -0.05) is 12.1 Å². The van der Waals surface area contributed by atoms with Crippen LogP contribution in [0.15, 0.2) is 29.2 Å². The number of hydrogen-bond donors (Lipinski definition) is 1. The molecule has 1 aromatic carbocycles. The summed E-state index contributed by atoms with van der Waals surface area (Å²) < 4.78 is 23.9. The largest absolute Gasteiger partial charge is 0.321 e. The molecule has 2 saturated carbocycles. The van der Waals surface area contributed by atoms with Crippen LogP contribution in [0.5, 0.6) is 0 Å². The predicted octanol–water partition coefficient (Wildman–Crippen LogP) is 1.57. The minimum atomic E-state index is -3.05. The zero-order valence-corrected chi connectivity index (χ0v) is 9.83. The average Bonchev–Trinajstić information content (AvgIpc) is 3.12. The topological polar surface area (TPSA) is 60.2 Å². The molecule has 2 fully saturated rings. The van der Waals surface area contributed by atoms with E-state index in [1.165, 1.54) is 0 Å². The van der Waals surface area contributed by atoms with Crippen molar-refractivity contribution in [3.63, 3.8) is 0 Å². The quantitative estimate of drug-likeness (QED) is 0.868.